The molecule has 0 amide bonds. The quantitative estimate of drug-likeness (QED) is 0.890. The summed E-state index contributed by atoms with van der Waals surface area (Å²) < 4.78 is 11.3. The SMILES string of the molecule is CC(C)CNCc1csc(N2CCS(=O)CC2)n1. The molecule has 0 unspecified atom stereocenters. The molecule has 0 atom stereocenters. The Bertz CT molecular complexity index is 396. The molecule has 6 heteroatoms. The van der Waals surface area contributed by atoms with Crippen LogP contribution in [0.1, 0.15) is 19.5 Å². The number of hydrogen-bond donors (Lipinski definition) is 1. The first-order valence-electron chi connectivity index (χ1n) is 6.40. The van der Waals surface area contributed by atoms with E-state index in [9.17, 15) is 4.21 Å². The van der Waals surface area contributed by atoms with Crippen LogP contribution in [0.4, 0.5) is 5.13 Å². The van der Waals surface area contributed by atoms with Crippen LogP contribution >= 0.6 is 11.3 Å². The number of nitrogens with one attached hydrogen (secondary N) is 1. The summed E-state index contributed by atoms with van der Waals surface area (Å²) in [4.78, 5) is 6.89. The zero-order chi connectivity index (χ0) is 13.0. The van der Waals surface area contributed by atoms with Gasteiger partial charge in [0, 0.05) is 47.3 Å². The Morgan fingerprint density at radius 2 is 2.22 bits per heavy atom. The third-order valence-electron chi connectivity index (χ3n) is 2.85. The minimum absolute atomic E-state index is 0.615. The lowest BCUT2D eigenvalue weighted by molar-refractivity contribution is 0.549. The number of nitrogens with zero attached hydrogens (tertiary/aromatic N) is 2. The Labute approximate surface area is 115 Å². The Hall–Kier alpha value is -0.460. The van der Waals surface area contributed by atoms with Gasteiger partial charge in [-0.3, -0.25) is 4.21 Å². The van der Waals surface area contributed by atoms with Crippen LogP contribution < -0.4 is 10.2 Å². The molecule has 102 valence electrons. The first kappa shape index (κ1) is 14.0. The van der Waals surface area contributed by atoms with Gasteiger partial charge < -0.3 is 10.2 Å². The molecule has 0 spiro atoms. The van der Waals surface area contributed by atoms with Crippen LogP contribution in [0.15, 0.2) is 5.38 Å². The minimum atomic E-state index is -0.615. The Morgan fingerprint density at radius 3 is 2.89 bits per heavy atom. The summed E-state index contributed by atoms with van der Waals surface area (Å²) in [7, 11) is -0.615. The standard InChI is InChI=1S/C12H21N3OS2/c1-10(2)7-13-8-11-9-17-12(14-11)15-3-5-18(16)6-4-15/h9-10,13H,3-8H2,1-2H3. The number of rotatable bonds is 5. The highest BCUT2D eigenvalue weighted by atomic mass is 32.2. The molecule has 0 radical (unpaired) electrons. The molecule has 1 aromatic heterocycles. The van der Waals surface area contributed by atoms with Crippen LogP contribution in [0.2, 0.25) is 0 Å². The van der Waals surface area contributed by atoms with E-state index in [2.05, 4.69) is 34.4 Å². The molecule has 1 aliphatic heterocycles. The van der Waals surface area contributed by atoms with Crippen molar-refractivity contribution in [1.29, 1.82) is 0 Å². The van der Waals surface area contributed by atoms with Crippen LogP contribution in [0.25, 0.3) is 0 Å². The Kier molecular flexibility index (Phi) is 5.14. The van der Waals surface area contributed by atoms with E-state index in [0.717, 1.165) is 48.5 Å². The van der Waals surface area contributed by atoms with Gasteiger partial charge >= 0.3 is 0 Å². The van der Waals surface area contributed by atoms with E-state index in [1.54, 1.807) is 11.3 Å². The maximum atomic E-state index is 11.3. The monoisotopic (exact) mass is 287 g/mol. The van der Waals surface area contributed by atoms with E-state index in [1.807, 2.05) is 0 Å². The maximum absolute atomic E-state index is 11.3. The maximum Gasteiger partial charge on any atom is 0.185 e. The van der Waals surface area contributed by atoms with Crippen molar-refractivity contribution < 1.29 is 4.21 Å². The average Bonchev–Trinajstić information content (AvgIpc) is 2.78. The summed E-state index contributed by atoms with van der Waals surface area (Å²) in [5.74, 6) is 2.22. The lowest BCUT2D eigenvalue weighted by Crippen LogP contribution is -2.37. The summed E-state index contributed by atoms with van der Waals surface area (Å²) >= 11 is 1.69. The first-order chi connectivity index (χ1) is 8.65. The third-order valence-corrected chi connectivity index (χ3v) is 5.07. The van der Waals surface area contributed by atoms with E-state index in [-0.39, 0.29) is 0 Å². The molecule has 1 aliphatic rings. The lowest BCUT2D eigenvalue weighted by atomic mass is 10.2. The molecule has 0 aromatic carbocycles. The van der Waals surface area contributed by atoms with Crippen LogP contribution in [-0.2, 0) is 17.3 Å². The topological polar surface area (TPSA) is 45.2 Å². The third kappa shape index (κ3) is 4.03. The van der Waals surface area contributed by atoms with E-state index in [0.29, 0.717) is 5.92 Å². The molecule has 1 N–H and O–H groups in total. The highest BCUT2D eigenvalue weighted by molar-refractivity contribution is 7.85. The van der Waals surface area contributed by atoms with Crippen molar-refractivity contribution in [3.05, 3.63) is 11.1 Å². The molecule has 2 rings (SSSR count). The van der Waals surface area contributed by atoms with Crippen molar-refractivity contribution in [1.82, 2.24) is 10.3 Å². The smallest absolute Gasteiger partial charge is 0.185 e. The zero-order valence-electron chi connectivity index (χ0n) is 11.0. The van der Waals surface area contributed by atoms with Crippen LogP contribution in [-0.4, -0.2) is 40.3 Å². The predicted octanol–water partition coefficient (Wildman–Crippen LogP) is 1.46. The van der Waals surface area contributed by atoms with Gasteiger partial charge in [-0.15, -0.1) is 11.3 Å². The molecule has 0 saturated carbocycles. The second-order valence-corrected chi connectivity index (χ2v) is 7.51. The molecule has 2 heterocycles. The normalized spacial score (nSPS) is 17.6. The van der Waals surface area contributed by atoms with Crippen molar-refractivity contribution in [2.75, 3.05) is 36.0 Å². The van der Waals surface area contributed by atoms with Crippen molar-refractivity contribution >= 4 is 27.3 Å². The van der Waals surface area contributed by atoms with Gasteiger partial charge in [0.05, 0.1) is 5.69 Å². The number of aromatic nitrogens is 1. The molecular weight excluding hydrogens is 266 g/mol. The summed E-state index contributed by atoms with van der Waals surface area (Å²) in [6, 6.07) is 0. The fraction of sp³-hybridized carbons (Fsp3) is 0.750. The van der Waals surface area contributed by atoms with E-state index < -0.39 is 10.8 Å². The highest BCUT2D eigenvalue weighted by Crippen LogP contribution is 2.21. The Morgan fingerprint density at radius 1 is 1.50 bits per heavy atom. The van der Waals surface area contributed by atoms with E-state index in [4.69, 9.17) is 0 Å². The van der Waals surface area contributed by atoms with Crippen LogP contribution in [0.5, 0.6) is 0 Å². The largest absolute Gasteiger partial charge is 0.346 e. The van der Waals surface area contributed by atoms with Gasteiger partial charge in [-0.2, -0.15) is 0 Å². The predicted molar refractivity (Wildman–Crippen MR) is 78.7 cm³/mol. The summed E-state index contributed by atoms with van der Waals surface area (Å²) in [5.41, 5.74) is 1.11. The average molecular weight is 287 g/mol. The van der Waals surface area contributed by atoms with Crippen LogP contribution in [0, 0.1) is 5.92 Å². The van der Waals surface area contributed by atoms with E-state index in [1.165, 1.54) is 0 Å². The lowest BCUT2D eigenvalue weighted by Gasteiger charge is -2.25. The second-order valence-electron chi connectivity index (χ2n) is 4.98. The number of anilines is 1. The minimum Gasteiger partial charge on any atom is -0.346 e. The molecule has 4 nitrogen and oxygen atoms in total. The van der Waals surface area contributed by atoms with Crippen LogP contribution in [0.3, 0.4) is 0 Å². The zero-order valence-corrected chi connectivity index (χ0v) is 12.6. The molecule has 0 bridgehead atoms. The van der Waals surface area contributed by atoms with Gasteiger partial charge in [0.1, 0.15) is 0 Å². The summed E-state index contributed by atoms with van der Waals surface area (Å²) in [5, 5.41) is 6.60. The summed E-state index contributed by atoms with van der Waals surface area (Å²) in [6.07, 6.45) is 0. The molecule has 1 saturated heterocycles. The molecule has 1 fully saturated rings. The van der Waals surface area contributed by atoms with Crippen molar-refractivity contribution in [3.63, 3.8) is 0 Å². The molecular formula is C12H21N3OS2. The van der Waals surface area contributed by atoms with Gasteiger partial charge in [0.15, 0.2) is 5.13 Å². The molecule has 18 heavy (non-hydrogen) atoms. The van der Waals surface area contributed by atoms with Gasteiger partial charge in [-0.1, -0.05) is 13.8 Å². The van der Waals surface area contributed by atoms with Crippen molar-refractivity contribution in [2.24, 2.45) is 5.92 Å². The number of hydrogen-bond acceptors (Lipinski definition) is 5. The molecule has 0 aliphatic carbocycles. The second kappa shape index (κ2) is 6.63. The fourth-order valence-corrected chi connectivity index (χ4v) is 3.77. The van der Waals surface area contributed by atoms with Gasteiger partial charge in [-0.05, 0) is 12.5 Å². The first-order valence-corrected chi connectivity index (χ1v) is 8.77. The van der Waals surface area contributed by atoms with Crippen molar-refractivity contribution in [3.8, 4) is 0 Å². The summed E-state index contributed by atoms with van der Waals surface area (Å²) in [6.45, 7) is 8.02. The van der Waals surface area contributed by atoms with Gasteiger partial charge in [-0.25, -0.2) is 4.98 Å². The molecule has 1 aromatic rings. The fourth-order valence-electron chi connectivity index (χ4n) is 1.84. The highest BCUT2D eigenvalue weighted by Gasteiger charge is 2.17. The van der Waals surface area contributed by atoms with Gasteiger partial charge in [0.25, 0.3) is 0 Å². The Balaban J connectivity index is 1.84. The number of thiazole rings is 1. The van der Waals surface area contributed by atoms with Crippen molar-refractivity contribution in [2.45, 2.75) is 20.4 Å². The van der Waals surface area contributed by atoms with E-state index >= 15 is 0 Å². The van der Waals surface area contributed by atoms with Gasteiger partial charge in [0.2, 0.25) is 0 Å².